The molecule has 1 aromatic heterocycles. The topological polar surface area (TPSA) is 26.9 Å². The summed E-state index contributed by atoms with van der Waals surface area (Å²) in [7, 11) is 0. The average Bonchev–Trinajstić information content (AvgIpc) is 2.45. The first-order valence-corrected chi connectivity index (χ1v) is 6.38. The summed E-state index contributed by atoms with van der Waals surface area (Å²) >= 11 is 1.19. The molecule has 1 heterocycles. The first-order valence-electron chi connectivity index (χ1n) is 5.30. The lowest BCUT2D eigenvalue weighted by Crippen LogP contribution is -2.23. The van der Waals surface area contributed by atoms with Crippen molar-refractivity contribution in [1.29, 1.82) is 0 Å². The smallest absolute Gasteiger partial charge is 0.180 e. The van der Waals surface area contributed by atoms with Crippen LogP contribution in [0.3, 0.4) is 0 Å². The van der Waals surface area contributed by atoms with Crippen molar-refractivity contribution < 1.29 is 22.3 Å². The second kappa shape index (κ2) is 5.78. The summed E-state index contributed by atoms with van der Waals surface area (Å²) in [4.78, 5) is 0. The van der Waals surface area contributed by atoms with Crippen LogP contribution in [-0.2, 0) is 0 Å². The van der Waals surface area contributed by atoms with Crippen molar-refractivity contribution in [3.05, 3.63) is 67.7 Å². The van der Waals surface area contributed by atoms with Crippen LogP contribution in [0.5, 0.6) is 0 Å². The average molecular weight is 395 g/mol. The summed E-state index contributed by atoms with van der Waals surface area (Å²) in [6.45, 7) is 0. The molecule has 0 N–H and O–H groups in total. The van der Waals surface area contributed by atoms with E-state index in [1.807, 2.05) is 0 Å². The minimum atomic E-state index is -1.46. The summed E-state index contributed by atoms with van der Waals surface area (Å²) in [5, 5.41) is 10.8. The molecule has 0 amide bonds. The van der Waals surface area contributed by atoms with E-state index >= 15 is 0 Å². The molecule has 0 aliphatic carbocycles. The second-order valence-corrected chi connectivity index (χ2v) is 4.89. The first kappa shape index (κ1) is 14.8. The Bertz CT molecular complexity index is 657. The third kappa shape index (κ3) is 2.77. The molecule has 2 nitrogen and oxygen atoms in total. The molecule has 0 saturated carbocycles. The SMILES string of the molecule is [O-][n+]1ccc(/C=C/c2c(F)c(F)c(I)c(F)c2F)cc1. The Morgan fingerprint density at radius 1 is 0.900 bits per heavy atom. The number of hydrogen-bond acceptors (Lipinski definition) is 1. The monoisotopic (exact) mass is 395 g/mol. The van der Waals surface area contributed by atoms with Gasteiger partial charge in [-0.05, 0) is 34.2 Å². The predicted molar refractivity (Wildman–Crippen MR) is 73.3 cm³/mol. The van der Waals surface area contributed by atoms with Gasteiger partial charge in [0.2, 0.25) is 0 Å². The Balaban J connectivity index is 2.46. The van der Waals surface area contributed by atoms with E-state index in [1.54, 1.807) is 0 Å². The number of rotatable bonds is 2. The lowest BCUT2D eigenvalue weighted by Gasteiger charge is -2.05. The largest absolute Gasteiger partial charge is 0.619 e. The summed E-state index contributed by atoms with van der Waals surface area (Å²) in [6, 6.07) is 2.78. The van der Waals surface area contributed by atoms with Crippen molar-refractivity contribution in [2.75, 3.05) is 0 Å². The van der Waals surface area contributed by atoms with Crippen LogP contribution in [0.25, 0.3) is 12.2 Å². The maximum absolute atomic E-state index is 13.6. The number of pyridine rings is 1. The highest BCUT2D eigenvalue weighted by Gasteiger charge is 2.22. The van der Waals surface area contributed by atoms with Crippen molar-refractivity contribution in [1.82, 2.24) is 0 Å². The van der Waals surface area contributed by atoms with Gasteiger partial charge in [-0.1, -0.05) is 6.08 Å². The number of halogens is 5. The Morgan fingerprint density at radius 2 is 1.40 bits per heavy atom. The highest BCUT2D eigenvalue weighted by Crippen LogP contribution is 2.26. The van der Waals surface area contributed by atoms with Gasteiger partial charge in [0.05, 0.1) is 9.13 Å². The van der Waals surface area contributed by atoms with Crippen molar-refractivity contribution in [3.8, 4) is 0 Å². The summed E-state index contributed by atoms with van der Waals surface area (Å²) in [5.41, 5.74) is -0.352. The molecule has 0 unspecified atom stereocenters. The minimum absolute atomic E-state index is 0.454. The van der Waals surface area contributed by atoms with Gasteiger partial charge in [-0.25, -0.2) is 17.6 Å². The van der Waals surface area contributed by atoms with Crippen LogP contribution >= 0.6 is 22.6 Å². The highest BCUT2D eigenvalue weighted by atomic mass is 127. The standard InChI is InChI=1S/C13H6F4INO/c14-9-8(10(15)12(17)13(18)11(9)16)2-1-7-3-5-19(20)6-4-7/h1-6H/b2-1+. The highest BCUT2D eigenvalue weighted by molar-refractivity contribution is 14.1. The van der Waals surface area contributed by atoms with E-state index in [9.17, 15) is 22.8 Å². The van der Waals surface area contributed by atoms with Gasteiger partial charge in [-0.3, -0.25) is 0 Å². The summed E-state index contributed by atoms with van der Waals surface area (Å²) < 4.78 is 53.6. The fourth-order valence-electron chi connectivity index (χ4n) is 1.48. The number of aromatic nitrogens is 1. The molecule has 1 aromatic carbocycles. The van der Waals surface area contributed by atoms with Gasteiger partial charge < -0.3 is 5.21 Å². The lowest BCUT2D eigenvalue weighted by atomic mass is 10.1. The quantitative estimate of drug-likeness (QED) is 0.191. The van der Waals surface area contributed by atoms with Gasteiger partial charge in [0.1, 0.15) is 0 Å². The van der Waals surface area contributed by atoms with Crippen LogP contribution < -0.4 is 4.73 Å². The molecule has 0 fully saturated rings. The Hall–Kier alpha value is -1.64. The molecule has 0 spiro atoms. The molecule has 104 valence electrons. The van der Waals surface area contributed by atoms with E-state index in [0.717, 1.165) is 6.08 Å². The molecular formula is C13H6F4INO. The molecule has 0 radical (unpaired) electrons. The van der Waals surface area contributed by atoms with Crippen LogP contribution in [0.1, 0.15) is 11.1 Å². The van der Waals surface area contributed by atoms with Crippen LogP contribution in [0.15, 0.2) is 24.5 Å². The van der Waals surface area contributed by atoms with Gasteiger partial charge in [0.25, 0.3) is 0 Å². The molecule has 0 atom stereocenters. The van der Waals surface area contributed by atoms with Crippen molar-refractivity contribution in [3.63, 3.8) is 0 Å². The third-order valence-corrected chi connectivity index (χ3v) is 3.46. The summed E-state index contributed by atoms with van der Waals surface area (Å²) in [6.07, 6.45) is 4.52. The Kier molecular flexibility index (Phi) is 4.26. The molecule has 0 bridgehead atoms. The number of hydrogen-bond donors (Lipinski definition) is 0. The second-order valence-electron chi connectivity index (χ2n) is 3.81. The van der Waals surface area contributed by atoms with Gasteiger partial charge >= 0.3 is 0 Å². The van der Waals surface area contributed by atoms with Crippen LogP contribution in [-0.4, -0.2) is 0 Å². The molecule has 2 rings (SSSR count). The molecule has 2 aromatic rings. The van der Waals surface area contributed by atoms with E-state index in [4.69, 9.17) is 0 Å². The first-order chi connectivity index (χ1) is 9.41. The van der Waals surface area contributed by atoms with Crippen molar-refractivity contribution >= 4 is 34.7 Å². The van der Waals surface area contributed by atoms with E-state index in [-0.39, 0.29) is 0 Å². The van der Waals surface area contributed by atoms with E-state index in [2.05, 4.69) is 0 Å². The van der Waals surface area contributed by atoms with E-state index in [0.29, 0.717) is 10.3 Å². The fourth-order valence-corrected chi connectivity index (χ4v) is 1.96. The van der Waals surface area contributed by atoms with Crippen LogP contribution in [0.4, 0.5) is 17.6 Å². The zero-order valence-electron chi connectivity index (χ0n) is 9.71. The Morgan fingerprint density at radius 3 is 1.90 bits per heavy atom. The van der Waals surface area contributed by atoms with E-state index in [1.165, 1.54) is 53.2 Å². The van der Waals surface area contributed by atoms with Crippen LogP contribution in [0, 0.1) is 32.0 Å². The molecule has 0 aliphatic rings. The van der Waals surface area contributed by atoms with Crippen molar-refractivity contribution in [2.45, 2.75) is 0 Å². The lowest BCUT2D eigenvalue weighted by molar-refractivity contribution is -0.605. The van der Waals surface area contributed by atoms with E-state index < -0.39 is 32.4 Å². The Labute approximate surface area is 125 Å². The van der Waals surface area contributed by atoms with Gasteiger partial charge in [0.15, 0.2) is 35.7 Å². The maximum atomic E-state index is 13.6. The number of nitrogens with zero attached hydrogens (tertiary/aromatic N) is 1. The predicted octanol–water partition coefficient (Wildman–Crippen LogP) is 3.65. The normalized spacial score (nSPS) is 11.2. The minimum Gasteiger partial charge on any atom is -0.619 e. The van der Waals surface area contributed by atoms with Gasteiger partial charge in [0, 0.05) is 12.1 Å². The number of benzene rings is 1. The fraction of sp³-hybridized carbons (Fsp3) is 0. The molecule has 7 heteroatoms. The zero-order chi connectivity index (χ0) is 14.9. The molecule has 0 aliphatic heterocycles. The molecule has 20 heavy (non-hydrogen) atoms. The van der Waals surface area contributed by atoms with Gasteiger partial charge in [-0.15, -0.1) is 0 Å². The molecule has 0 saturated heterocycles. The van der Waals surface area contributed by atoms with Crippen LogP contribution in [0.2, 0.25) is 0 Å². The van der Waals surface area contributed by atoms with Crippen molar-refractivity contribution in [2.24, 2.45) is 0 Å². The summed E-state index contributed by atoms with van der Waals surface area (Å²) in [5.74, 6) is -5.79. The zero-order valence-corrected chi connectivity index (χ0v) is 11.9. The maximum Gasteiger partial charge on any atom is 0.180 e. The van der Waals surface area contributed by atoms with Gasteiger partial charge in [-0.2, -0.15) is 4.73 Å². The third-order valence-electron chi connectivity index (χ3n) is 2.51. The molecular weight excluding hydrogens is 389 g/mol.